The Balaban J connectivity index is 1.76. The van der Waals surface area contributed by atoms with Crippen LogP contribution in [0.5, 0.6) is 0 Å². The highest BCUT2D eigenvalue weighted by Crippen LogP contribution is 2.17. The standard InChI is InChI=1S/C17H15N3O3S/c18-10-9-13-1-5-15(6-2-13)19-17(21)12-24-11-14-3-7-16(8-4-14)20(22)23/h1-8H,9,11-12H2,(H,19,21). The number of rotatable bonds is 7. The highest BCUT2D eigenvalue weighted by Gasteiger charge is 2.06. The number of hydrogen-bond acceptors (Lipinski definition) is 5. The van der Waals surface area contributed by atoms with Gasteiger partial charge in [0, 0.05) is 23.6 Å². The lowest BCUT2D eigenvalue weighted by atomic mass is 10.1. The van der Waals surface area contributed by atoms with Crippen LogP contribution in [0.15, 0.2) is 48.5 Å². The van der Waals surface area contributed by atoms with E-state index < -0.39 is 4.92 Å². The summed E-state index contributed by atoms with van der Waals surface area (Å²) in [5.41, 5.74) is 2.58. The molecule has 0 atom stereocenters. The van der Waals surface area contributed by atoms with E-state index in [0.717, 1.165) is 11.1 Å². The molecule has 0 heterocycles. The van der Waals surface area contributed by atoms with Crippen LogP contribution in [0.2, 0.25) is 0 Å². The number of nitro benzene ring substituents is 1. The smallest absolute Gasteiger partial charge is 0.269 e. The fourth-order valence-corrected chi connectivity index (χ4v) is 2.76. The molecule has 0 radical (unpaired) electrons. The maximum Gasteiger partial charge on any atom is 0.269 e. The Morgan fingerprint density at radius 1 is 1.12 bits per heavy atom. The number of thioether (sulfide) groups is 1. The van der Waals surface area contributed by atoms with Gasteiger partial charge in [0.05, 0.1) is 23.2 Å². The minimum absolute atomic E-state index is 0.0568. The van der Waals surface area contributed by atoms with Gasteiger partial charge in [-0.2, -0.15) is 5.26 Å². The van der Waals surface area contributed by atoms with E-state index in [1.54, 1.807) is 24.3 Å². The second kappa shape index (κ2) is 8.70. The molecule has 122 valence electrons. The van der Waals surface area contributed by atoms with Crippen molar-refractivity contribution in [2.45, 2.75) is 12.2 Å². The van der Waals surface area contributed by atoms with Gasteiger partial charge in [-0.15, -0.1) is 11.8 Å². The summed E-state index contributed by atoms with van der Waals surface area (Å²) in [7, 11) is 0. The molecule has 7 heteroatoms. The summed E-state index contributed by atoms with van der Waals surface area (Å²) in [6, 6.07) is 15.5. The van der Waals surface area contributed by atoms with Crippen LogP contribution in [0.1, 0.15) is 11.1 Å². The number of non-ortho nitro benzene ring substituents is 1. The fraction of sp³-hybridized carbons (Fsp3) is 0.176. The lowest BCUT2D eigenvalue weighted by Crippen LogP contribution is -2.14. The van der Waals surface area contributed by atoms with Gasteiger partial charge in [-0.25, -0.2) is 0 Å². The van der Waals surface area contributed by atoms with Gasteiger partial charge in [0.1, 0.15) is 0 Å². The first-order valence-corrected chi connectivity index (χ1v) is 8.31. The molecule has 0 unspecified atom stereocenters. The predicted octanol–water partition coefficient (Wildman–Crippen LogP) is 3.53. The minimum atomic E-state index is -0.438. The molecule has 1 amide bonds. The van der Waals surface area contributed by atoms with Crippen molar-refractivity contribution in [3.63, 3.8) is 0 Å². The van der Waals surface area contributed by atoms with Crippen molar-refractivity contribution in [2.75, 3.05) is 11.1 Å². The number of nitrogens with zero attached hydrogens (tertiary/aromatic N) is 2. The van der Waals surface area contributed by atoms with E-state index >= 15 is 0 Å². The fourth-order valence-electron chi connectivity index (χ4n) is 1.97. The summed E-state index contributed by atoms with van der Waals surface area (Å²) >= 11 is 1.43. The van der Waals surface area contributed by atoms with Crippen LogP contribution < -0.4 is 5.32 Å². The predicted molar refractivity (Wildman–Crippen MR) is 93.6 cm³/mol. The molecule has 0 bridgehead atoms. The van der Waals surface area contributed by atoms with Gasteiger partial charge in [0.15, 0.2) is 0 Å². The van der Waals surface area contributed by atoms with Gasteiger partial charge >= 0.3 is 0 Å². The van der Waals surface area contributed by atoms with E-state index in [-0.39, 0.29) is 17.3 Å². The van der Waals surface area contributed by atoms with Crippen molar-refractivity contribution in [3.8, 4) is 6.07 Å². The molecular formula is C17H15N3O3S. The topological polar surface area (TPSA) is 96.0 Å². The summed E-state index contributed by atoms with van der Waals surface area (Å²) in [6.07, 6.45) is 0.347. The van der Waals surface area contributed by atoms with Crippen molar-refractivity contribution in [3.05, 3.63) is 69.8 Å². The Morgan fingerprint density at radius 3 is 2.33 bits per heavy atom. The average molecular weight is 341 g/mol. The maximum atomic E-state index is 11.9. The molecule has 6 nitrogen and oxygen atoms in total. The molecule has 0 fully saturated rings. The summed E-state index contributed by atoms with van der Waals surface area (Å²) in [5, 5.41) is 22.0. The quantitative estimate of drug-likeness (QED) is 0.614. The first kappa shape index (κ1) is 17.5. The molecule has 2 rings (SSSR count). The summed E-state index contributed by atoms with van der Waals surface area (Å²) < 4.78 is 0. The van der Waals surface area contributed by atoms with E-state index in [0.29, 0.717) is 17.9 Å². The molecule has 0 aliphatic heterocycles. The summed E-state index contributed by atoms with van der Waals surface area (Å²) in [6.45, 7) is 0. The van der Waals surface area contributed by atoms with E-state index in [1.807, 2.05) is 12.1 Å². The molecule has 0 aliphatic rings. The number of carbonyl (C=O) groups is 1. The SMILES string of the molecule is N#CCc1ccc(NC(=O)CSCc2ccc([N+](=O)[O-])cc2)cc1. The summed E-state index contributed by atoms with van der Waals surface area (Å²) in [5.74, 6) is 0.777. The van der Waals surface area contributed by atoms with E-state index in [4.69, 9.17) is 5.26 Å². The third-order valence-corrected chi connectivity index (χ3v) is 4.17. The normalized spacial score (nSPS) is 9.96. The number of anilines is 1. The highest BCUT2D eigenvalue weighted by molar-refractivity contribution is 7.99. The van der Waals surface area contributed by atoms with Gasteiger partial charge in [0.2, 0.25) is 5.91 Å². The first-order valence-electron chi connectivity index (χ1n) is 7.15. The van der Waals surface area contributed by atoms with Crippen molar-refractivity contribution in [1.29, 1.82) is 5.26 Å². The van der Waals surface area contributed by atoms with Crippen LogP contribution in [0.25, 0.3) is 0 Å². The number of hydrogen-bond donors (Lipinski definition) is 1. The molecule has 0 saturated carbocycles. The summed E-state index contributed by atoms with van der Waals surface area (Å²) in [4.78, 5) is 22.0. The zero-order chi connectivity index (χ0) is 17.4. The number of amides is 1. The molecule has 0 aliphatic carbocycles. The number of nitro groups is 1. The monoisotopic (exact) mass is 341 g/mol. The Bertz CT molecular complexity index is 752. The van der Waals surface area contributed by atoms with Gasteiger partial charge < -0.3 is 5.32 Å². The Morgan fingerprint density at radius 2 is 1.75 bits per heavy atom. The molecule has 24 heavy (non-hydrogen) atoms. The third-order valence-electron chi connectivity index (χ3n) is 3.17. The lowest BCUT2D eigenvalue weighted by Gasteiger charge is -2.06. The van der Waals surface area contributed by atoms with Crippen LogP contribution in [0, 0.1) is 21.4 Å². The Hall–Kier alpha value is -2.85. The van der Waals surface area contributed by atoms with Gasteiger partial charge in [-0.05, 0) is 23.3 Å². The van der Waals surface area contributed by atoms with E-state index in [2.05, 4.69) is 11.4 Å². The second-order valence-corrected chi connectivity index (χ2v) is 5.98. The van der Waals surface area contributed by atoms with Gasteiger partial charge in [-0.1, -0.05) is 24.3 Å². The zero-order valence-electron chi connectivity index (χ0n) is 12.8. The number of benzene rings is 2. The van der Waals surface area contributed by atoms with Crippen molar-refractivity contribution >= 4 is 29.0 Å². The van der Waals surface area contributed by atoms with E-state index in [1.165, 1.54) is 23.9 Å². The van der Waals surface area contributed by atoms with Gasteiger partial charge in [-0.3, -0.25) is 14.9 Å². The number of nitrogens with one attached hydrogen (secondary N) is 1. The van der Waals surface area contributed by atoms with Crippen molar-refractivity contribution in [1.82, 2.24) is 0 Å². The molecule has 0 spiro atoms. The Kier molecular flexibility index (Phi) is 6.34. The van der Waals surface area contributed by atoms with Gasteiger partial charge in [0.25, 0.3) is 5.69 Å². The number of nitriles is 1. The second-order valence-electron chi connectivity index (χ2n) is 5.00. The molecule has 2 aromatic carbocycles. The highest BCUT2D eigenvalue weighted by atomic mass is 32.2. The molecular weight excluding hydrogens is 326 g/mol. The molecule has 0 aromatic heterocycles. The Labute approximate surface area is 143 Å². The van der Waals surface area contributed by atoms with Crippen LogP contribution in [-0.2, 0) is 17.0 Å². The van der Waals surface area contributed by atoms with Crippen LogP contribution in [0.3, 0.4) is 0 Å². The zero-order valence-corrected chi connectivity index (χ0v) is 13.6. The molecule has 2 aromatic rings. The largest absolute Gasteiger partial charge is 0.325 e. The maximum absolute atomic E-state index is 11.9. The van der Waals surface area contributed by atoms with Crippen molar-refractivity contribution < 1.29 is 9.72 Å². The number of carbonyl (C=O) groups excluding carboxylic acids is 1. The van der Waals surface area contributed by atoms with E-state index in [9.17, 15) is 14.9 Å². The van der Waals surface area contributed by atoms with Crippen LogP contribution in [-0.4, -0.2) is 16.6 Å². The third kappa shape index (κ3) is 5.41. The average Bonchev–Trinajstić information content (AvgIpc) is 2.57. The molecule has 1 N–H and O–H groups in total. The lowest BCUT2D eigenvalue weighted by molar-refractivity contribution is -0.384. The minimum Gasteiger partial charge on any atom is -0.325 e. The van der Waals surface area contributed by atoms with Crippen LogP contribution in [0.4, 0.5) is 11.4 Å². The molecule has 0 saturated heterocycles. The van der Waals surface area contributed by atoms with Crippen molar-refractivity contribution in [2.24, 2.45) is 0 Å². The van der Waals surface area contributed by atoms with Crippen LogP contribution >= 0.6 is 11.8 Å². The first-order chi connectivity index (χ1) is 11.6.